The Hall–Kier alpha value is -2.38. The molecule has 17 nitrogen and oxygen atoms in total. The molecular formula is C26H49FeN6O11S. The van der Waals surface area contributed by atoms with Crippen LogP contribution in [0.1, 0.15) is 90.4 Å². The van der Waals surface area contributed by atoms with E-state index in [-0.39, 0.29) is 74.2 Å². The average molecular weight is 710 g/mol. The van der Waals surface area contributed by atoms with Crippen molar-refractivity contribution in [3.05, 3.63) is 15.6 Å². The van der Waals surface area contributed by atoms with Gasteiger partial charge in [-0.2, -0.15) is 8.42 Å². The number of amides is 5. The monoisotopic (exact) mass is 709 g/mol. The second kappa shape index (κ2) is 29.0. The first-order chi connectivity index (χ1) is 20.6. The Bertz CT molecular complexity index is 952. The van der Waals surface area contributed by atoms with E-state index in [0.29, 0.717) is 86.0 Å². The molecule has 0 aliphatic carbocycles. The van der Waals surface area contributed by atoms with Gasteiger partial charge in [0, 0.05) is 65.3 Å². The molecule has 0 spiro atoms. The van der Waals surface area contributed by atoms with Gasteiger partial charge in [0.15, 0.2) is 0 Å². The van der Waals surface area contributed by atoms with Crippen LogP contribution in [0.4, 0.5) is 0 Å². The van der Waals surface area contributed by atoms with Crippen LogP contribution in [-0.2, 0) is 51.2 Å². The number of nitrogens with one attached hydrogen (secondary N) is 2. The van der Waals surface area contributed by atoms with Crippen molar-refractivity contribution in [1.29, 1.82) is 0 Å². The predicted molar refractivity (Wildman–Crippen MR) is 163 cm³/mol. The van der Waals surface area contributed by atoms with Crippen LogP contribution in [0, 0.1) is 15.6 Å². The van der Waals surface area contributed by atoms with E-state index in [9.17, 15) is 48.0 Å². The third-order valence-corrected chi connectivity index (χ3v) is 5.83. The van der Waals surface area contributed by atoms with E-state index in [1.165, 1.54) is 6.92 Å². The Morgan fingerprint density at radius 3 is 1.31 bits per heavy atom. The molecule has 0 aliphatic rings. The summed E-state index contributed by atoms with van der Waals surface area (Å²) in [5, 5.41) is 41.1. The van der Waals surface area contributed by atoms with E-state index >= 15 is 0 Å². The first-order valence-corrected chi connectivity index (χ1v) is 16.5. The maximum Gasteiger partial charge on any atom is 3.00 e. The molecule has 0 bridgehead atoms. The SMILES string of the molecule is CC(=O)N([O-])CCCCCNC(=O)CCC(=O)N([O-])CCCCCNC(=O)CCC(=O)N([O-])CCCCCN.CS(=O)(=O)O.[Fe+3]. The van der Waals surface area contributed by atoms with Gasteiger partial charge in [0.05, 0.1) is 6.26 Å². The summed E-state index contributed by atoms with van der Waals surface area (Å²) in [4.78, 5) is 58.1. The molecule has 0 saturated carbocycles. The Balaban J connectivity index is -0.00000270. The van der Waals surface area contributed by atoms with Crippen molar-refractivity contribution in [1.82, 2.24) is 25.8 Å². The van der Waals surface area contributed by atoms with Gasteiger partial charge in [-0.1, -0.05) is 6.42 Å². The van der Waals surface area contributed by atoms with Crippen molar-refractivity contribution in [3.63, 3.8) is 0 Å². The molecule has 263 valence electrons. The average Bonchev–Trinajstić information content (AvgIpc) is 2.94. The van der Waals surface area contributed by atoms with Crippen molar-refractivity contribution in [2.45, 2.75) is 90.4 Å². The van der Waals surface area contributed by atoms with Gasteiger partial charge in [0.2, 0.25) is 29.5 Å². The summed E-state index contributed by atoms with van der Waals surface area (Å²) < 4.78 is 25.9. The molecule has 5 amide bonds. The van der Waals surface area contributed by atoms with Gasteiger partial charge in [-0.05, 0) is 57.9 Å². The molecule has 1 radical (unpaired) electrons. The van der Waals surface area contributed by atoms with E-state index in [1.54, 1.807) is 0 Å². The second-order valence-corrected chi connectivity index (χ2v) is 11.5. The van der Waals surface area contributed by atoms with Gasteiger partial charge in [0.1, 0.15) is 0 Å². The van der Waals surface area contributed by atoms with Crippen LogP contribution < -0.4 is 16.4 Å². The summed E-state index contributed by atoms with van der Waals surface area (Å²) in [5.41, 5.74) is 5.37. The number of carbonyl (C=O) groups excluding carboxylic acids is 5. The van der Waals surface area contributed by atoms with Crippen LogP contribution in [-0.4, -0.2) is 103 Å². The molecule has 0 atom stereocenters. The van der Waals surface area contributed by atoms with Crippen LogP contribution in [0.3, 0.4) is 0 Å². The molecular weight excluding hydrogens is 660 g/mol. The van der Waals surface area contributed by atoms with Gasteiger partial charge in [-0.3, -0.25) is 28.5 Å². The molecule has 0 aromatic rings. The standard InChI is InChI=1S/C25H45N6O8.CH4O3S.Fe/c1-21(32)29(37)18-9-3-6-16-27-22(33)12-14-25(36)31(39)20-10-4-7-17-28-23(34)11-13-24(35)30(38)19-8-2-5-15-26;1-5(2,3)4;/h2-20,26H2,1H3,(H,27,33)(H,28,34);1H3,(H,2,3,4);/q-3;;+3. The molecule has 45 heavy (non-hydrogen) atoms. The summed E-state index contributed by atoms with van der Waals surface area (Å²) in [6.07, 6.45) is 5.81. The third-order valence-electron chi connectivity index (χ3n) is 5.83. The molecule has 0 aromatic heterocycles. The van der Waals surface area contributed by atoms with E-state index in [1.807, 2.05) is 0 Å². The molecule has 0 heterocycles. The number of carbonyl (C=O) groups is 5. The summed E-state index contributed by atoms with van der Waals surface area (Å²) in [6, 6.07) is 0. The number of hydrogen-bond donors (Lipinski definition) is 4. The zero-order valence-corrected chi connectivity index (χ0v) is 28.1. The van der Waals surface area contributed by atoms with Gasteiger partial charge in [-0.25, -0.2) is 0 Å². The van der Waals surface area contributed by atoms with Gasteiger partial charge < -0.3 is 47.2 Å². The van der Waals surface area contributed by atoms with Crippen LogP contribution >= 0.6 is 0 Å². The maximum absolute atomic E-state index is 11.9. The summed E-state index contributed by atoms with van der Waals surface area (Å²) in [7, 11) is -3.67. The second-order valence-electron chi connectivity index (χ2n) is 10.0. The Morgan fingerprint density at radius 1 is 0.644 bits per heavy atom. The molecule has 0 unspecified atom stereocenters. The smallest absolute Gasteiger partial charge is 0.756 e. The molecule has 5 N–H and O–H groups in total. The Morgan fingerprint density at radius 2 is 0.978 bits per heavy atom. The first-order valence-electron chi connectivity index (χ1n) is 14.6. The number of nitrogens with zero attached hydrogens (tertiary/aromatic N) is 3. The quantitative estimate of drug-likeness (QED) is 0.0495. The minimum atomic E-state index is -3.67. The zero-order valence-electron chi connectivity index (χ0n) is 26.1. The molecule has 0 rings (SSSR count). The maximum atomic E-state index is 11.9. The first kappa shape index (κ1) is 47.0. The number of unbranched alkanes of at least 4 members (excludes halogenated alkanes) is 6. The van der Waals surface area contributed by atoms with E-state index in [0.717, 1.165) is 12.8 Å². The van der Waals surface area contributed by atoms with Crippen molar-refractivity contribution in [2.24, 2.45) is 5.73 Å². The third kappa shape index (κ3) is 34.3. The zero-order chi connectivity index (χ0) is 34.0. The van der Waals surface area contributed by atoms with E-state index < -0.39 is 27.8 Å². The topological polar surface area (TPSA) is 269 Å². The Kier molecular flexibility index (Phi) is 30.4. The summed E-state index contributed by atoms with van der Waals surface area (Å²) >= 11 is 0. The van der Waals surface area contributed by atoms with Crippen LogP contribution in [0.2, 0.25) is 0 Å². The number of hydrogen-bond acceptors (Lipinski definition) is 11. The fourth-order valence-corrected chi connectivity index (χ4v) is 3.42. The summed E-state index contributed by atoms with van der Waals surface area (Å²) in [5.74, 6) is -2.50. The largest absolute Gasteiger partial charge is 3.00 e. The molecule has 0 saturated heterocycles. The minimum Gasteiger partial charge on any atom is -0.756 e. The minimum absolute atomic E-state index is 0. The Labute approximate surface area is 276 Å². The van der Waals surface area contributed by atoms with Crippen LogP contribution in [0.15, 0.2) is 0 Å². The normalized spacial score (nSPS) is 10.5. The summed E-state index contributed by atoms with van der Waals surface area (Å²) in [6.45, 7) is 2.69. The number of nitrogens with two attached hydrogens (primary N) is 1. The van der Waals surface area contributed by atoms with Crippen molar-refractivity contribution < 1.29 is 54.0 Å². The van der Waals surface area contributed by atoms with Crippen molar-refractivity contribution in [2.75, 3.05) is 45.5 Å². The van der Waals surface area contributed by atoms with E-state index in [2.05, 4.69) is 10.6 Å². The molecule has 0 aromatic carbocycles. The fraction of sp³-hybridized carbons (Fsp3) is 0.808. The number of rotatable bonds is 23. The van der Waals surface area contributed by atoms with Crippen LogP contribution in [0.25, 0.3) is 0 Å². The van der Waals surface area contributed by atoms with Gasteiger partial charge >= 0.3 is 17.1 Å². The molecule has 0 fully saturated rings. The molecule has 19 heteroatoms. The van der Waals surface area contributed by atoms with Crippen molar-refractivity contribution >= 4 is 39.7 Å². The number of hydroxylamine groups is 6. The van der Waals surface area contributed by atoms with Crippen molar-refractivity contribution in [3.8, 4) is 0 Å². The van der Waals surface area contributed by atoms with Gasteiger partial charge in [0.25, 0.3) is 10.1 Å². The van der Waals surface area contributed by atoms with Gasteiger partial charge in [-0.15, -0.1) is 0 Å². The predicted octanol–water partition coefficient (Wildman–Crippen LogP) is 0.749. The van der Waals surface area contributed by atoms with Crippen LogP contribution in [0.5, 0.6) is 0 Å². The fourth-order valence-electron chi connectivity index (χ4n) is 3.42. The molecule has 0 aliphatic heterocycles. The van der Waals surface area contributed by atoms with E-state index in [4.69, 9.17) is 10.3 Å².